The number of halogens is 4. The van der Waals surface area contributed by atoms with Crippen molar-refractivity contribution < 1.29 is 18.4 Å². The Balaban J connectivity index is 1.64. The molecule has 0 aromatic carbocycles. The number of aromatic nitrogens is 4. The van der Waals surface area contributed by atoms with Crippen LogP contribution in [0.25, 0.3) is 0 Å². The van der Waals surface area contributed by atoms with Crippen molar-refractivity contribution in [3.63, 3.8) is 0 Å². The summed E-state index contributed by atoms with van der Waals surface area (Å²) in [6, 6.07) is -0.466. The highest BCUT2D eigenvalue weighted by molar-refractivity contribution is 6.33. The summed E-state index contributed by atoms with van der Waals surface area (Å²) in [5.41, 5.74) is 0.0485. The zero-order valence-corrected chi connectivity index (χ0v) is 18.5. The highest BCUT2D eigenvalue weighted by atomic mass is 35.5. The molecule has 13 heteroatoms. The topological polar surface area (TPSA) is 108 Å². The first-order valence-corrected chi connectivity index (χ1v) is 10.5. The van der Waals surface area contributed by atoms with E-state index in [2.05, 4.69) is 20.4 Å². The van der Waals surface area contributed by atoms with E-state index < -0.39 is 10.8 Å². The van der Waals surface area contributed by atoms with E-state index in [4.69, 9.17) is 27.9 Å². The van der Waals surface area contributed by atoms with Gasteiger partial charge in [-0.2, -0.15) is 4.98 Å². The van der Waals surface area contributed by atoms with Gasteiger partial charge < -0.3 is 10.1 Å². The number of hydrogen-bond donors (Lipinski definition) is 1. The van der Waals surface area contributed by atoms with Crippen molar-refractivity contribution in [3.05, 3.63) is 32.3 Å². The summed E-state index contributed by atoms with van der Waals surface area (Å²) in [4.78, 5) is 18.8. The van der Waals surface area contributed by atoms with Gasteiger partial charge in [0.05, 0.1) is 23.8 Å². The maximum Gasteiger partial charge on any atom is 0.352 e. The molecular weight excluding hydrogens is 457 g/mol. The SMILES string of the molecule is Cc1c([N+](=O)[O-])c(OCCC(C)Nc2nc(Cl)ncc2Cl)nn1C1CCC(F)(F)CC1. The minimum absolute atomic E-state index is 0.0486. The van der Waals surface area contributed by atoms with Gasteiger partial charge in [-0.25, -0.2) is 13.8 Å². The first kappa shape index (κ1) is 23.4. The molecule has 3 rings (SSSR count). The van der Waals surface area contributed by atoms with Crippen molar-refractivity contribution in [3.8, 4) is 5.88 Å². The Morgan fingerprint density at radius 2 is 2.10 bits per heavy atom. The van der Waals surface area contributed by atoms with Crippen LogP contribution >= 0.6 is 23.2 Å². The standard InChI is InChI=1S/C18H22Cl2F2N6O3/c1-10(24-15-13(19)9-23-17(20)25-15)5-8-31-16-14(28(29)30)11(2)27(26-16)12-3-6-18(21,22)7-4-12/h9-10,12H,3-8H2,1-2H3,(H,23,24,25). The molecule has 170 valence electrons. The van der Waals surface area contributed by atoms with Crippen LogP contribution in [0.5, 0.6) is 5.88 Å². The van der Waals surface area contributed by atoms with Crippen molar-refractivity contribution in [1.82, 2.24) is 19.7 Å². The van der Waals surface area contributed by atoms with Gasteiger partial charge in [-0.1, -0.05) is 11.6 Å². The van der Waals surface area contributed by atoms with Crippen molar-refractivity contribution in [2.45, 2.75) is 64.0 Å². The van der Waals surface area contributed by atoms with E-state index in [-0.39, 0.29) is 61.2 Å². The van der Waals surface area contributed by atoms with Crippen molar-refractivity contribution in [2.75, 3.05) is 11.9 Å². The molecule has 2 aromatic heterocycles. The molecule has 2 heterocycles. The molecule has 1 atom stereocenters. The molecule has 0 aliphatic heterocycles. The van der Waals surface area contributed by atoms with Crippen molar-refractivity contribution >= 4 is 34.7 Å². The van der Waals surface area contributed by atoms with Crippen LogP contribution in [0.15, 0.2) is 6.20 Å². The Kier molecular flexibility index (Phi) is 7.15. The zero-order chi connectivity index (χ0) is 22.8. The molecule has 1 fully saturated rings. The Bertz CT molecular complexity index is 949. The van der Waals surface area contributed by atoms with Crippen LogP contribution in [-0.2, 0) is 0 Å². The van der Waals surface area contributed by atoms with Gasteiger partial charge in [0.1, 0.15) is 16.5 Å². The zero-order valence-electron chi connectivity index (χ0n) is 16.9. The number of ether oxygens (including phenoxy) is 1. The normalized spacial score (nSPS) is 17.4. The molecule has 1 N–H and O–H groups in total. The van der Waals surface area contributed by atoms with Gasteiger partial charge in [-0.05, 0) is 38.3 Å². The second-order valence-electron chi connectivity index (χ2n) is 7.55. The van der Waals surface area contributed by atoms with E-state index in [1.807, 2.05) is 6.92 Å². The van der Waals surface area contributed by atoms with Crippen LogP contribution in [-0.4, -0.2) is 43.2 Å². The Hall–Kier alpha value is -2.27. The molecule has 31 heavy (non-hydrogen) atoms. The summed E-state index contributed by atoms with van der Waals surface area (Å²) < 4.78 is 34.0. The van der Waals surface area contributed by atoms with E-state index in [0.717, 1.165) is 0 Å². The maximum atomic E-state index is 13.5. The van der Waals surface area contributed by atoms with Crippen LogP contribution in [0.2, 0.25) is 10.3 Å². The van der Waals surface area contributed by atoms with Gasteiger partial charge in [-0.3, -0.25) is 14.8 Å². The van der Waals surface area contributed by atoms with Gasteiger partial charge in [0.15, 0.2) is 0 Å². The second-order valence-corrected chi connectivity index (χ2v) is 8.29. The summed E-state index contributed by atoms with van der Waals surface area (Å²) in [5.74, 6) is -2.44. The molecule has 0 saturated heterocycles. The van der Waals surface area contributed by atoms with Crippen LogP contribution in [0.4, 0.5) is 20.3 Å². The fourth-order valence-corrected chi connectivity index (χ4v) is 3.78. The molecule has 9 nitrogen and oxygen atoms in total. The van der Waals surface area contributed by atoms with Gasteiger partial charge in [0.25, 0.3) is 0 Å². The molecular formula is C18H22Cl2F2N6O3. The summed E-state index contributed by atoms with van der Waals surface area (Å²) in [7, 11) is 0. The van der Waals surface area contributed by atoms with E-state index >= 15 is 0 Å². The lowest BCUT2D eigenvalue weighted by atomic mass is 9.92. The average molecular weight is 479 g/mol. The third kappa shape index (κ3) is 5.70. The predicted molar refractivity (Wildman–Crippen MR) is 111 cm³/mol. The lowest BCUT2D eigenvalue weighted by Gasteiger charge is -2.28. The number of nitrogens with zero attached hydrogens (tertiary/aromatic N) is 5. The molecule has 1 aliphatic carbocycles. The number of nitrogens with one attached hydrogen (secondary N) is 1. The minimum Gasteiger partial charge on any atom is -0.472 e. The van der Waals surface area contributed by atoms with Gasteiger partial charge in [0, 0.05) is 25.3 Å². The van der Waals surface area contributed by atoms with Crippen LogP contribution in [0.1, 0.15) is 50.8 Å². The monoisotopic (exact) mass is 478 g/mol. The van der Waals surface area contributed by atoms with Gasteiger partial charge in [-0.15, -0.1) is 5.10 Å². The third-order valence-corrected chi connectivity index (χ3v) is 5.65. The fourth-order valence-electron chi connectivity index (χ4n) is 3.50. The summed E-state index contributed by atoms with van der Waals surface area (Å²) in [6.07, 6.45) is 1.71. The first-order valence-electron chi connectivity index (χ1n) is 9.76. The molecule has 0 radical (unpaired) electrons. The summed E-state index contributed by atoms with van der Waals surface area (Å²) >= 11 is 11.8. The lowest BCUT2D eigenvalue weighted by Crippen LogP contribution is -2.27. The average Bonchev–Trinajstić information content (AvgIpc) is 3.01. The third-order valence-electron chi connectivity index (χ3n) is 5.19. The summed E-state index contributed by atoms with van der Waals surface area (Å²) in [5, 5.41) is 19.2. The Morgan fingerprint density at radius 3 is 2.74 bits per heavy atom. The Morgan fingerprint density at radius 1 is 1.42 bits per heavy atom. The fraction of sp³-hybridized carbons (Fsp3) is 0.611. The quantitative estimate of drug-likeness (QED) is 0.314. The van der Waals surface area contributed by atoms with Crippen LogP contribution < -0.4 is 10.1 Å². The molecule has 0 amide bonds. The first-order chi connectivity index (χ1) is 14.6. The largest absolute Gasteiger partial charge is 0.472 e. The van der Waals surface area contributed by atoms with Crippen LogP contribution in [0.3, 0.4) is 0 Å². The van der Waals surface area contributed by atoms with E-state index in [9.17, 15) is 18.9 Å². The van der Waals surface area contributed by atoms with Gasteiger partial charge >= 0.3 is 11.6 Å². The highest BCUT2D eigenvalue weighted by Gasteiger charge is 2.38. The van der Waals surface area contributed by atoms with Crippen LogP contribution in [0, 0.1) is 17.0 Å². The highest BCUT2D eigenvalue weighted by Crippen LogP contribution is 2.41. The molecule has 1 saturated carbocycles. The number of rotatable bonds is 8. The predicted octanol–water partition coefficient (Wildman–Crippen LogP) is 5.22. The number of anilines is 1. The van der Waals surface area contributed by atoms with E-state index in [1.165, 1.54) is 10.9 Å². The minimum atomic E-state index is -2.69. The molecule has 1 aliphatic rings. The smallest absolute Gasteiger partial charge is 0.352 e. The lowest BCUT2D eigenvalue weighted by molar-refractivity contribution is -0.386. The van der Waals surface area contributed by atoms with Gasteiger partial charge in [0.2, 0.25) is 11.2 Å². The maximum absolute atomic E-state index is 13.5. The number of hydrogen-bond acceptors (Lipinski definition) is 7. The second kappa shape index (κ2) is 9.47. The number of alkyl halides is 2. The molecule has 1 unspecified atom stereocenters. The van der Waals surface area contributed by atoms with E-state index in [1.54, 1.807) is 6.92 Å². The number of nitro groups is 1. The molecule has 2 aromatic rings. The molecule has 0 bridgehead atoms. The van der Waals surface area contributed by atoms with E-state index in [0.29, 0.717) is 23.0 Å². The van der Waals surface area contributed by atoms with Crippen molar-refractivity contribution in [2.24, 2.45) is 0 Å². The van der Waals surface area contributed by atoms with Crippen molar-refractivity contribution in [1.29, 1.82) is 0 Å². The Labute approximate surface area is 187 Å². The summed E-state index contributed by atoms with van der Waals surface area (Å²) in [6.45, 7) is 3.54. The molecule has 0 spiro atoms.